The van der Waals surface area contributed by atoms with Crippen LogP contribution in [0.5, 0.6) is 5.75 Å². The van der Waals surface area contributed by atoms with Crippen molar-refractivity contribution >= 4 is 28.3 Å². The maximum absolute atomic E-state index is 12.8. The molecule has 2 atom stereocenters. The maximum atomic E-state index is 12.8. The number of aromatic amines is 1. The lowest BCUT2D eigenvalue weighted by molar-refractivity contribution is 0.172. The van der Waals surface area contributed by atoms with Gasteiger partial charge in [-0.1, -0.05) is 66.7 Å². The van der Waals surface area contributed by atoms with Gasteiger partial charge in [0, 0.05) is 35.3 Å². The second-order valence-electron chi connectivity index (χ2n) is 10.0. The van der Waals surface area contributed by atoms with Crippen molar-refractivity contribution < 1.29 is 15.0 Å². The molecule has 6 N–H and O–H groups in total. The van der Waals surface area contributed by atoms with Crippen LogP contribution in [0.4, 0.5) is 16.2 Å². The fourth-order valence-electron chi connectivity index (χ4n) is 4.92. The van der Waals surface area contributed by atoms with E-state index in [9.17, 15) is 19.8 Å². The number of aliphatic hydroxyl groups excluding tert-OH is 1. The number of aromatic nitrogens is 1. The minimum absolute atomic E-state index is 0.0228. The molecule has 0 saturated heterocycles. The van der Waals surface area contributed by atoms with Crippen molar-refractivity contribution in [3.05, 3.63) is 125 Å². The van der Waals surface area contributed by atoms with E-state index in [-0.39, 0.29) is 29.9 Å². The molecule has 8 nitrogen and oxygen atoms in total. The van der Waals surface area contributed by atoms with Gasteiger partial charge in [0.25, 0.3) is 0 Å². The summed E-state index contributed by atoms with van der Waals surface area (Å²) in [4.78, 5) is 27.1. The second-order valence-corrected chi connectivity index (χ2v) is 10.0. The molecule has 0 unspecified atom stereocenters. The zero-order valence-corrected chi connectivity index (χ0v) is 22.6. The quantitative estimate of drug-likeness (QED) is 0.139. The molecule has 0 fully saturated rings. The van der Waals surface area contributed by atoms with Crippen LogP contribution in [0.25, 0.3) is 22.0 Å². The third-order valence-corrected chi connectivity index (χ3v) is 6.91. The van der Waals surface area contributed by atoms with Gasteiger partial charge in [0.2, 0.25) is 5.56 Å². The van der Waals surface area contributed by atoms with E-state index in [1.807, 2.05) is 85.8 Å². The third-order valence-electron chi connectivity index (χ3n) is 6.91. The second kappa shape index (κ2) is 12.5. The number of urea groups is 1. The van der Waals surface area contributed by atoms with Gasteiger partial charge in [0.15, 0.2) is 0 Å². The Morgan fingerprint density at radius 1 is 0.878 bits per heavy atom. The predicted octanol–water partition coefficient (Wildman–Crippen LogP) is 5.80. The number of H-pyrrole nitrogens is 1. The van der Waals surface area contributed by atoms with E-state index >= 15 is 0 Å². The molecule has 0 aliphatic carbocycles. The van der Waals surface area contributed by atoms with Crippen molar-refractivity contribution in [1.82, 2.24) is 10.3 Å². The first-order chi connectivity index (χ1) is 19.9. The van der Waals surface area contributed by atoms with Gasteiger partial charge < -0.3 is 31.1 Å². The van der Waals surface area contributed by atoms with E-state index in [1.54, 1.807) is 12.1 Å². The standard InChI is InChI=1S/C33H32N4O4/c1-21(34-20-30(39)26-14-16-29(38)32-27(26)15-17-31(40)37-32)18-22-8-7-11-24(19-22)35-33(41)36-28-13-6-5-12-25(28)23-9-3-2-4-10-23/h2-17,19,21,30,34,38-39H,18,20H2,1H3,(H,37,40)(H2,35,36,41)/t21-,30-/m0/s1. The van der Waals surface area contributed by atoms with Gasteiger partial charge >= 0.3 is 6.03 Å². The number of hydrogen-bond donors (Lipinski definition) is 6. The highest BCUT2D eigenvalue weighted by atomic mass is 16.3. The number of amides is 2. The number of fused-ring (bicyclic) bond motifs is 1. The molecule has 0 bridgehead atoms. The average Bonchev–Trinajstić information content (AvgIpc) is 2.97. The highest BCUT2D eigenvalue weighted by Crippen LogP contribution is 2.29. The van der Waals surface area contributed by atoms with Crippen molar-refractivity contribution in [3.8, 4) is 16.9 Å². The highest BCUT2D eigenvalue weighted by molar-refractivity contribution is 6.02. The number of carbonyl (C=O) groups is 1. The molecule has 1 heterocycles. The number of benzene rings is 4. The van der Waals surface area contributed by atoms with Gasteiger partial charge in [-0.05, 0) is 60.4 Å². The van der Waals surface area contributed by atoms with Crippen molar-refractivity contribution in [1.29, 1.82) is 0 Å². The van der Waals surface area contributed by atoms with Crippen LogP contribution in [0.2, 0.25) is 0 Å². The van der Waals surface area contributed by atoms with Crippen LogP contribution in [0.15, 0.2) is 108 Å². The Morgan fingerprint density at radius 2 is 1.66 bits per heavy atom. The van der Waals surface area contributed by atoms with Gasteiger partial charge in [-0.3, -0.25) is 4.79 Å². The average molecular weight is 549 g/mol. The largest absolute Gasteiger partial charge is 0.506 e. The number of carbonyl (C=O) groups excluding carboxylic acids is 1. The number of nitrogens with one attached hydrogen (secondary N) is 4. The summed E-state index contributed by atoms with van der Waals surface area (Å²) in [5.41, 5.74) is 4.97. The number of aromatic hydroxyl groups is 1. The first kappa shape index (κ1) is 27.6. The van der Waals surface area contributed by atoms with E-state index in [0.717, 1.165) is 22.4 Å². The van der Waals surface area contributed by atoms with E-state index in [4.69, 9.17) is 0 Å². The van der Waals surface area contributed by atoms with Crippen LogP contribution >= 0.6 is 0 Å². The van der Waals surface area contributed by atoms with Crippen LogP contribution in [0.3, 0.4) is 0 Å². The number of anilines is 2. The first-order valence-corrected chi connectivity index (χ1v) is 13.4. The SMILES string of the molecule is C[C@@H](Cc1cccc(NC(=O)Nc2ccccc2-c2ccccc2)c1)NC[C@H](O)c1ccc(O)c2[nH]c(=O)ccc12. The number of pyridine rings is 1. The number of hydrogen-bond acceptors (Lipinski definition) is 5. The zero-order chi connectivity index (χ0) is 28.8. The molecule has 2 amide bonds. The molecule has 4 aromatic carbocycles. The van der Waals surface area contributed by atoms with Gasteiger partial charge in [-0.2, -0.15) is 0 Å². The van der Waals surface area contributed by atoms with E-state index < -0.39 is 6.10 Å². The smallest absolute Gasteiger partial charge is 0.323 e. The molecule has 0 radical (unpaired) electrons. The Labute approximate surface area is 237 Å². The predicted molar refractivity (Wildman–Crippen MR) is 163 cm³/mol. The Morgan fingerprint density at radius 3 is 2.49 bits per heavy atom. The van der Waals surface area contributed by atoms with Gasteiger partial charge in [-0.25, -0.2) is 4.79 Å². The Balaban J connectivity index is 1.18. The number of phenols is 1. The number of rotatable bonds is 9. The maximum Gasteiger partial charge on any atom is 0.323 e. The molecule has 8 heteroatoms. The van der Waals surface area contributed by atoms with Gasteiger partial charge in [0.05, 0.1) is 17.3 Å². The first-order valence-electron chi connectivity index (χ1n) is 13.4. The number of para-hydroxylation sites is 1. The summed E-state index contributed by atoms with van der Waals surface area (Å²) in [6.45, 7) is 2.30. The summed E-state index contributed by atoms with van der Waals surface area (Å²) in [5.74, 6) is -0.0439. The molecule has 41 heavy (non-hydrogen) atoms. The fourth-order valence-corrected chi connectivity index (χ4v) is 4.92. The highest BCUT2D eigenvalue weighted by Gasteiger charge is 2.15. The summed E-state index contributed by atoms with van der Waals surface area (Å²) in [5, 5.41) is 30.8. The lowest BCUT2D eigenvalue weighted by atomic mass is 10.0. The summed E-state index contributed by atoms with van der Waals surface area (Å²) >= 11 is 0. The monoisotopic (exact) mass is 548 g/mol. The topological polar surface area (TPSA) is 126 Å². The summed E-state index contributed by atoms with van der Waals surface area (Å²) in [7, 11) is 0. The van der Waals surface area contributed by atoms with Crippen LogP contribution in [0.1, 0.15) is 24.2 Å². The van der Waals surface area contributed by atoms with E-state index in [1.165, 1.54) is 12.1 Å². The van der Waals surface area contributed by atoms with Crippen molar-refractivity contribution in [2.24, 2.45) is 0 Å². The molecule has 208 valence electrons. The van der Waals surface area contributed by atoms with Crippen molar-refractivity contribution in [2.75, 3.05) is 17.2 Å². The zero-order valence-electron chi connectivity index (χ0n) is 22.6. The normalized spacial score (nSPS) is 12.5. The number of aliphatic hydroxyl groups is 1. The molecule has 0 saturated carbocycles. The van der Waals surface area contributed by atoms with Crippen molar-refractivity contribution in [2.45, 2.75) is 25.5 Å². The molecule has 5 rings (SSSR count). The molecular weight excluding hydrogens is 516 g/mol. The van der Waals surface area contributed by atoms with Crippen molar-refractivity contribution in [3.63, 3.8) is 0 Å². The minimum Gasteiger partial charge on any atom is -0.506 e. The Hall–Kier alpha value is -4.92. The molecule has 5 aromatic rings. The summed E-state index contributed by atoms with van der Waals surface area (Å²) in [6.07, 6.45) is -0.174. The lowest BCUT2D eigenvalue weighted by Crippen LogP contribution is -2.32. The molecule has 0 aliphatic heterocycles. The number of phenolic OH excluding ortho intramolecular Hbond substituents is 1. The van der Waals surface area contributed by atoms with Crippen LogP contribution in [-0.2, 0) is 6.42 Å². The van der Waals surface area contributed by atoms with Crippen LogP contribution < -0.4 is 21.5 Å². The molecule has 0 aliphatic rings. The lowest BCUT2D eigenvalue weighted by Gasteiger charge is -2.19. The van der Waals surface area contributed by atoms with E-state index in [0.29, 0.717) is 28.6 Å². The minimum atomic E-state index is -0.845. The Kier molecular flexibility index (Phi) is 8.43. The van der Waals surface area contributed by atoms with Crippen LogP contribution in [0, 0.1) is 0 Å². The fraction of sp³-hybridized carbons (Fsp3) is 0.152. The van der Waals surface area contributed by atoms with E-state index in [2.05, 4.69) is 20.9 Å². The van der Waals surface area contributed by atoms with Gasteiger partial charge in [0.1, 0.15) is 5.75 Å². The Bertz CT molecular complexity index is 1720. The van der Waals surface area contributed by atoms with Crippen LogP contribution in [-0.4, -0.2) is 33.8 Å². The third kappa shape index (κ3) is 6.81. The molecular formula is C33H32N4O4. The molecule has 0 spiro atoms. The molecule has 1 aromatic heterocycles. The summed E-state index contributed by atoms with van der Waals surface area (Å²) < 4.78 is 0. The van der Waals surface area contributed by atoms with Gasteiger partial charge in [-0.15, -0.1) is 0 Å². The summed E-state index contributed by atoms with van der Waals surface area (Å²) in [6, 6.07) is 31.0.